The summed E-state index contributed by atoms with van der Waals surface area (Å²) in [6, 6.07) is 24.1. The van der Waals surface area contributed by atoms with Crippen LogP contribution >= 0.6 is 0 Å². The first-order valence-corrected chi connectivity index (χ1v) is 14.1. The monoisotopic (exact) mass is 748 g/mol. The largest absolute Gasteiger partial charge is 0.665 e. The molecule has 6 nitrogen and oxygen atoms in total. The first kappa shape index (κ1) is 39.4. The maximum absolute atomic E-state index is 4.11. The van der Waals surface area contributed by atoms with E-state index >= 15 is 0 Å². The second-order valence-corrected chi connectivity index (χ2v) is 10.4. The van der Waals surface area contributed by atoms with Gasteiger partial charge in [-0.2, -0.15) is 68.3 Å². The molecule has 6 heterocycles. The first-order chi connectivity index (χ1) is 19.7. The van der Waals surface area contributed by atoms with Crippen LogP contribution in [0.5, 0.6) is 0 Å². The minimum absolute atomic E-state index is 0. The van der Waals surface area contributed by atoms with E-state index in [-0.39, 0.29) is 21.1 Å². The zero-order chi connectivity index (χ0) is 31.7. The van der Waals surface area contributed by atoms with E-state index in [0.29, 0.717) is 0 Å². The van der Waals surface area contributed by atoms with Crippen molar-refractivity contribution in [1.82, 2.24) is 29.9 Å². The molecular formula is C36H48N6W-6. The summed E-state index contributed by atoms with van der Waals surface area (Å²) in [7, 11) is 0. The van der Waals surface area contributed by atoms with E-state index in [1.165, 1.54) is 0 Å². The number of hydrogen-bond donors (Lipinski definition) is 0. The van der Waals surface area contributed by atoms with Gasteiger partial charge in [0.25, 0.3) is 0 Å². The fourth-order valence-electron chi connectivity index (χ4n) is 3.56. The topological polar surface area (TPSA) is 84.6 Å². The number of nitrogens with zero attached hydrogens (tertiary/aromatic N) is 6. The molecule has 43 heavy (non-hydrogen) atoms. The zero-order valence-corrected chi connectivity index (χ0v) is 31.0. The molecule has 0 saturated heterocycles. The van der Waals surface area contributed by atoms with Gasteiger partial charge in [-0.15, -0.1) is 0 Å². The Morgan fingerprint density at radius 2 is 0.279 bits per heavy atom. The van der Waals surface area contributed by atoms with Crippen molar-refractivity contribution >= 4 is 0 Å². The van der Waals surface area contributed by atoms with Gasteiger partial charge in [-0.3, -0.25) is 0 Å². The molecule has 0 bridgehead atoms. The predicted octanol–water partition coefficient (Wildman–Crippen LogP) is 7.56. The fraction of sp³-hybridized carbons (Fsp3) is 0.333. The van der Waals surface area contributed by atoms with E-state index in [1.54, 1.807) is 0 Å². The molecule has 0 saturated carbocycles. The third-order valence-corrected chi connectivity index (χ3v) is 5.51. The van der Waals surface area contributed by atoms with Crippen molar-refractivity contribution in [1.29, 1.82) is 0 Å². The third kappa shape index (κ3) is 20.0. The van der Waals surface area contributed by atoms with Gasteiger partial charge in [-0.25, -0.2) is 0 Å². The normalized spacial score (nSPS) is 9.21. The zero-order valence-electron chi connectivity index (χ0n) is 28.0. The standard InChI is InChI=1S/6C6H8N.W/c6*1-5-3-4-6(2)7-5;/h6*3-4H,1-2H3;/q6*-1;. The van der Waals surface area contributed by atoms with Gasteiger partial charge in [0.15, 0.2) is 0 Å². The molecule has 0 aliphatic carbocycles. The summed E-state index contributed by atoms with van der Waals surface area (Å²) in [6.07, 6.45) is 0. The molecule has 0 spiro atoms. The molecule has 0 unspecified atom stereocenters. The van der Waals surface area contributed by atoms with Crippen molar-refractivity contribution in [2.24, 2.45) is 0 Å². The molecule has 7 heteroatoms. The smallest absolute Gasteiger partial charge is 0 e. The molecule has 0 amide bonds. The van der Waals surface area contributed by atoms with Crippen LogP contribution in [0, 0.1) is 83.1 Å². The van der Waals surface area contributed by atoms with Crippen LogP contribution in [0.15, 0.2) is 72.8 Å². The summed E-state index contributed by atoms with van der Waals surface area (Å²) in [4.78, 5) is 24.7. The first-order valence-electron chi connectivity index (χ1n) is 14.1. The third-order valence-electron chi connectivity index (χ3n) is 5.51. The van der Waals surface area contributed by atoms with Crippen molar-refractivity contribution < 1.29 is 21.1 Å². The Morgan fingerprint density at radius 3 is 0.302 bits per heavy atom. The van der Waals surface area contributed by atoms with Gasteiger partial charge in [0.1, 0.15) is 0 Å². The molecule has 0 radical (unpaired) electrons. The van der Waals surface area contributed by atoms with Crippen molar-refractivity contribution in [3.8, 4) is 0 Å². The molecule has 6 aromatic rings. The summed E-state index contributed by atoms with van der Waals surface area (Å²) < 4.78 is 0. The molecule has 0 N–H and O–H groups in total. The number of rotatable bonds is 0. The Kier molecular flexibility index (Phi) is 19.3. The summed E-state index contributed by atoms with van der Waals surface area (Å²) in [5, 5.41) is 0. The second kappa shape index (κ2) is 21.1. The summed E-state index contributed by atoms with van der Waals surface area (Å²) in [6.45, 7) is 23.9. The Hall–Kier alpha value is -3.63. The van der Waals surface area contributed by atoms with Crippen LogP contribution in [-0.2, 0) is 21.1 Å². The molecule has 0 fully saturated rings. The van der Waals surface area contributed by atoms with Gasteiger partial charge in [0.2, 0.25) is 0 Å². The van der Waals surface area contributed by atoms with Crippen LogP contribution in [-0.4, -0.2) is 0 Å². The van der Waals surface area contributed by atoms with Gasteiger partial charge in [0, 0.05) is 21.1 Å². The SMILES string of the molecule is Cc1ccc(C)[n-]1.Cc1ccc(C)[n-]1.Cc1ccc(C)[n-]1.Cc1ccc(C)[n-]1.Cc1ccc(C)[n-]1.Cc1ccc(C)[n-]1.[W]. The van der Waals surface area contributed by atoms with Gasteiger partial charge >= 0.3 is 0 Å². The molecule has 0 atom stereocenters. The molecule has 0 aromatic carbocycles. The minimum Gasteiger partial charge on any atom is -0.665 e. The van der Waals surface area contributed by atoms with Gasteiger partial charge < -0.3 is 29.9 Å². The van der Waals surface area contributed by atoms with Crippen LogP contribution in [0.3, 0.4) is 0 Å². The predicted molar refractivity (Wildman–Crippen MR) is 175 cm³/mol. The van der Waals surface area contributed by atoms with E-state index in [2.05, 4.69) is 29.9 Å². The molecule has 6 aromatic heterocycles. The Morgan fingerprint density at radius 1 is 0.209 bits per heavy atom. The van der Waals surface area contributed by atoms with Gasteiger partial charge in [-0.05, 0) is 0 Å². The fourth-order valence-corrected chi connectivity index (χ4v) is 3.56. The maximum atomic E-state index is 4.11. The van der Waals surface area contributed by atoms with E-state index in [9.17, 15) is 0 Å². The van der Waals surface area contributed by atoms with Crippen molar-refractivity contribution in [2.45, 2.75) is 83.1 Å². The summed E-state index contributed by atoms with van der Waals surface area (Å²) in [5.74, 6) is 0. The Bertz CT molecular complexity index is 1120. The quantitative estimate of drug-likeness (QED) is 0.160. The van der Waals surface area contributed by atoms with Crippen LogP contribution in [0.2, 0.25) is 0 Å². The molecule has 234 valence electrons. The van der Waals surface area contributed by atoms with Crippen LogP contribution in [0.1, 0.15) is 68.3 Å². The average Bonchev–Trinajstić information content (AvgIpc) is 3.76. The van der Waals surface area contributed by atoms with Crippen LogP contribution in [0.25, 0.3) is 0 Å². The van der Waals surface area contributed by atoms with Crippen molar-refractivity contribution in [3.05, 3.63) is 141 Å². The maximum Gasteiger partial charge on any atom is 0 e. The molecule has 0 aliphatic heterocycles. The van der Waals surface area contributed by atoms with Crippen LogP contribution < -0.4 is 29.9 Å². The Labute approximate surface area is 274 Å². The molecule has 0 aliphatic rings. The van der Waals surface area contributed by atoms with Gasteiger partial charge in [0.05, 0.1) is 0 Å². The van der Waals surface area contributed by atoms with E-state index in [1.807, 2.05) is 156 Å². The summed E-state index contributed by atoms with van der Waals surface area (Å²) in [5.41, 5.74) is 13.3. The molecular weight excluding hydrogens is 700 g/mol. The summed E-state index contributed by atoms with van der Waals surface area (Å²) >= 11 is 0. The van der Waals surface area contributed by atoms with Gasteiger partial charge in [-0.1, -0.05) is 156 Å². The minimum atomic E-state index is 0. The van der Waals surface area contributed by atoms with Crippen LogP contribution in [0.4, 0.5) is 0 Å². The van der Waals surface area contributed by atoms with E-state index < -0.39 is 0 Å². The van der Waals surface area contributed by atoms with Crippen molar-refractivity contribution in [3.63, 3.8) is 0 Å². The second-order valence-electron chi connectivity index (χ2n) is 10.4. The van der Waals surface area contributed by atoms with E-state index in [0.717, 1.165) is 68.3 Å². The average molecular weight is 749 g/mol. The van der Waals surface area contributed by atoms with E-state index in [4.69, 9.17) is 0 Å². The number of aromatic nitrogens is 6. The molecule has 6 rings (SSSR count). The Balaban J connectivity index is 0.000000490. The van der Waals surface area contributed by atoms with Crippen molar-refractivity contribution in [2.75, 3.05) is 0 Å². The number of aryl methyl sites for hydroxylation is 12. The number of hydrogen-bond acceptors (Lipinski definition) is 0.